The molecule has 26 heavy (non-hydrogen) atoms. The van der Waals surface area contributed by atoms with Gasteiger partial charge in [-0.3, -0.25) is 19.9 Å². The number of ether oxygens (including phenoxy) is 1. The van der Waals surface area contributed by atoms with E-state index in [4.69, 9.17) is 10.6 Å². The van der Waals surface area contributed by atoms with Gasteiger partial charge in [0.05, 0.1) is 19.1 Å². The van der Waals surface area contributed by atoms with Crippen LogP contribution in [0.3, 0.4) is 0 Å². The van der Waals surface area contributed by atoms with Gasteiger partial charge in [-0.1, -0.05) is 44.4 Å². The van der Waals surface area contributed by atoms with Crippen molar-refractivity contribution < 1.29 is 14.3 Å². The second-order valence-corrected chi connectivity index (χ2v) is 6.57. The number of nitrogens with zero attached hydrogens (tertiary/aromatic N) is 1. The fourth-order valence-electron chi connectivity index (χ4n) is 3.11. The second kappa shape index (κ2) is 10.8. The van der Waals surface area contributed by atoms with Crippen molar-refractivity contribution in [2.45, 2.75) is 51.6 Å². The lowest BCUT2D eigenvalue weighted by molar-refractivity contribution is -0.134. The summed E-state index contributed by atoms with van der Waals surface area (Å²) in [6.07, 6.45) is 4.67. The highest BCUT2D eigenvalue weighted by Gasteiger charge is 2.31. The number of carbonyl (C=O) groups is 2. The van der Waals surface area contributed by atoms with Crippen LogP contribution in [0.5, 0.6) is 5.75 Å². The van der Waals surface area contributed by atoms with Gasteiger partial charge >= 0.3 is 0 Å². The average molecular weight is 362 g/mol. The molecule has 1 unspecified atom stereocenters. The molecule has 1 heterocycles. The summed E-state index contributed by atoms with van der Waals surface area (Å²) in [5, 5.41) is 2.81. The van der Waals surface area contributed by atoms with Crippen molar-refractivity contribution in [3.05, 3.63) is 29.8 Å². The molecule has 7 heteroatoms. The number of hydrazine groups is 1. The van der Waals surface area contributed by atoms with Gasteiger partial charge in [-0.2, -0.15) is 0 Å². The summed E-state index contributed by atoms with van der Waals surface area (Å²) in [6, 6.07) is 7.36. The molecular formula is C19H30N4O3. The van der Waals surface area contributed by atoms with Gasteiger partial charge in [-0.05, 0) is 12.5 Å². The molecule has 7 nitrogen and oxygen atoms in total. The van der Waals surface area contributed by atoms with Gasteiger partial charge < -0.3 is 10.1 Å². The molecule has 0 spiro atoms. The van der Waals surface area contributed by atoms with Crippen LogP contribution in [0.15, 0.2) is 24.3 Å². The Morgan fingerprint density at radius 3 is 2.92 bits per heavy atom. The SMILES string of the molecule is CCCCCCOc1ccccc1CN1CCNC(=O)C1CC(=O)NN. The van der Waals surface area contributed by atoms with Gasteiger partial charge in [0.25, 0.3) is 0 Å². The van der Waals surface area contributed by atoms with Gasteiger partial charge in [-0.25, -0.2) is 5.84 Å². The smallest absolute Gasteiger partial charge is 0.237 e. The molecule has 4 N–H and O–H groups in total. The van der Waals surface area contributed by atoms with Crippen LogP contribution in [0.4, 0.5) is 0 Å². The highest BCUT2D eigenvalue weighted by Crippen LogP contribution is 2.22. The van der Waals surface area contributed by atoms with Crippen LogP contribution >= 0.6 is 0 Å². The third-order valence-electron chi connectivity index (χ3n) is 4.58. The molecule has 1 aliphatic heterocycles. The number of rotatable bonds is 10. The number of nitrogens with two attached hydrogens (primary N) is 1. The highest BCUT2D eigenvalue weighted by atomic mass is 16.5. The van der Waals surface area contributed by atoms with E-state index < -0.39 is 6.04 Å². The van der Waals surface area contributed by atoms with Gasteiger partial charge in [0.1, 0.15) is 5.75 Å². The summed E-state index contributed by atoms with van der Waals surface area (Å²) in [6.45, 7) is 4.68. The first kappa shape index (κ1) is 20.2. The maximum Gasteiger partial charge on any atom is 0.237 e. The largest absolute Gasteiger partial charge is 0.493 e. The van der Waals surface area contributed by atoms with E-state index >= 15 is 0 Å². The highest BCUT2D eigenvalue weighted by molar-refractivity contribution is 5.88. The number of amides is 2. The zero-order chi connectivity index (χ0) is 18.8. The Labute approximate surface area is 155 Å². The lowest BCUT2D eigenvalue weighted by Gasteiger charge is -2.34. The summed E-state index contributed by atoms with van der Waals surface area (Å²) in [7, 11) is 0. The molecule has 2 rings (SSSR count). The number of piperazine rings is 1. The van der Waals surface area contributed by atoms with E-state index in [0.717, 1.165) is 17.7 Å². The first-order chi connectivity index (χ1) is 12.7. The van der Waals surface area contributed by atoms with Crippen molar-refractivity contribution in [3.8, 4) is 5.75 Å². The van der Waals surface area contributed by atoms with Crippen LogP contribution in [0.2, 0.25) is 0 Å². The van der Waals surface area contributed by atoms with E-state index in [9.17, 15) is 9.59 Å². The van der Waals surface area contributed by atoms with Crippen molar-refractivity contribution in [2.24, 2.45) is 5.84 Å². The van der Waals surface area contributed by atoms with E-state index in [1.54, 1.807) is 0 Å². The molecule has 0 bridgehead atoms. The molecule has 1 aliphatic rings. The summed E-state index contributed by atoms with van der Waals surface area (Å²) in [4.78, 5) is 25.9. The zero-order valence-corrected chi connectivity index (χ0v) is 15.5. The predicted octanol–water partition coefficient (Wildman–Crippen LogP) is 1.33. The summed E-state index contributed by atoms with van der Waals surface area (Å²) >= 11 is 0. The van der Waals surface area contributed by atoms with Crippen molar-refractivity contribution in [1.82, 2.24) is 15.6 Å². The first-order valence-corrected chi connectivity index (χ1v) is 9.37. The molecule has 1 saturated heterocycles. The van der Waals surface area contributed by atoms with Gasteiger partial charge in [0, 0.05) is 25.2 Å². The molecule has 1 fully saturated rings. The Morgan fingerprint density at radius 2 is 2.15 bits per heavy atom. The molecular weight excluding hydrogens is 332 g/mol. The number of nitrogens with one attached hydrogen (secondary N) is 2. The van der Waals surface area contributed by atoms with E-state index in [-0.39, 0.29) is 18.2 Å². The van der Waals surface area contributed by atoms with Crippen LogP contribution in [0.1, 0.15) is 44.6 Å². The first-order valence-electron chi connectivity index (χ1n) is 9.37. The predicted molar refractivity (Wildman–Crippen MR) is 100 cm³/mol. The van der Waals surface area contributed by atoms with Crippen molar-refractivity contribution in [3.63, 3.8) is 0 Å². The Hall–Kier alpha value is -2.12. The van der Waals surface area contributed by atoms with Crippen LogP contribution in [-0.2, 0) is 16.1 Å². The topological polar surface area (TPSA) is 96.7 Å². The van der Waals surface area contributed by atoms with Crippen molar-refractivity contribution in [2.75, 3.05) is 19.7 Å². The minimum Gasteiger partial charge on any atom is -0.493 e. The standard InChI is InChI=1S/C19H30N4O3/c1-2-3-4-7-12-26-17-9-6-5-8-15(17)14-23-11-10-21-19(25)16(23)13-18(24)22-20/h5-6,8-9,16H,2-4,7,10-14,20H2,1H3,(H,21,25)(H,22,24). The van der Waals surface area contributed by atoms with E-state index in [0.29, 0.717) is 26.2 Å². The average Bonchev–Trinajstić information content (AvgIpc) is 2.65. The van der Waals surface area contributed by atoms with Crippen LogP contribution < -0.4 is 21.3 Å². The summed E-state index contributed by atoms with van der Waals surface area (Å²) < 4.78 is 5.96. The quantitative estimate of drug-likeness (QED) is 0.252. The van der Waals surface area contributed by atoms with Crippen LogP contribution in [0, 0.1) is 0 Å². The van der Waals surface area contributed by atoms with Crippen LogP contribution in [0.25, 0.3) is 0 Å². The Bertz CT molecular complexity index is 594. The molecule has 1 atom stereocenters. The molecule has 2 amide bonds. The monoisotopic (exact) mass is 362 g/mol. The Morgan fingerprint density at radius 1 is 1.35 bits per heavy atom. The Balaban J connectivity index is 2.01. The molecule has 0 saturated carbocycles. The summed E-state index contributed by atoms with van der Waals surface area (Å²) in [5.74, 6) is 5.53. The fourth-order valence-corrected chi connectivity index (χ4v) is 3.11. The third-order valence-corrected chi connectivity index (χ3v) is 4.58. The Kier molecular flexibility index (Phi) is 8.37. The molecule has 1 aromatic rings. The van der Waals surface area contributed by atoms with Gasteiger partial charge in [-0.15, -0.1) is 0 Å². The van der Waals surface area contributed by atoms with Gasteiger partial charge in [0.2, 0.25) is 11.8 Å². The lowest BCUT2D eigenvalue weighted by atomic mass is 10.1. The minimum absolute atomic E-state index is 0.0440. The molecule has 0 radical (unpaired) electrons. The molecule has 0 aliphatic carbocycles. The second-order valence-electron chi connectivity index (χ2n) is 6.57. The van der Waals surface area contributed by atoms with E-state index in [2.05, 4.69) is 17.7 Å². The number of unbranched alkanes of at least 4 members (excludes halogenated alkanes) is 3. The van der Waals surface area contributed by atoms with Gasteiger partial charge in [0.15, 0.2) is 0 Å². The summed E-state index contributed by atoms with van der Waals surface area (Å²) in [5.41, 5.74) is 3.13. The number of hydrogen-bond acceptors (Lipinski definition) is 5. The maximum atomic E-state index is 12.2. The maximum absolute atomic E-state index is 12.2. The fraction of sp³-hybridized carbons (Fsp3) is 0.579. The number of benzene rings is 1. The van der Waals surface area contributed by atoms with E-state index in [1.807, 2.05) is 29.2 Å². The van der Waals surface area contributed by atoms with E-state index in [1.165, 1.54) is 19.3 Å². The molecule has 144 valence electrons. The normalized spacial score (nSPS) is 17.6. The number of hydrogen-bond donors (Lipinski definition) is 3. The number of para-hydroxylation sites is 1. The zero-order valence-electron chi connectivity index (χ0n) is 15.5. The molecule has 1 aromatic carbocycles. The number of carbonyl (C=O) groups excluding carboxylic acids is 2. The van der Waals surface area contributed by atoms with Crippen LogP contribution in [-0.4, -0.2) is 42.5 Å². The third kappa shape index (κ3) is 6.00. The van der Waals surface area contributed by atoms with Crippen molar-refractivity contribution in [1.29, 1.82) is 0 Å². The molecule has 0 aromatic heterocycles. The lowest BCUT2D eigenvalue weighted by Crippen LogP contribution is -2.56. The van der Waals surface area contributed by atoms with Crippen molar-refractivity contribution >= 4 is 11.8 Å². The minimum atomic E-state index is -0.523.